The Morgan fingerprint density at radius 2 is 1.97 bits per heavy atom. The topological polar surface area (TPSA) is 72.1 Å². The second-order valence-electron chi connectivity index (χ2n) is 7.48. The van der Waals surface area contributed by atoms with E-state index in [1.807, 2.05) is 38.1 Å². The molecule has 0 saturated heterocycles. The van der Waals surface area contributed by atoms with Crippen LogP contribution in [0.1, 0.15) is 58.2 Å². The average molecular weight is 390 g/mol. The van der Waals surface area contributed by atoms with Gasteiger partial charge in [-0.2, -0.15) is 5.26 Å². The summed E-state index contributed by atoms with van der Waals surface area (Å²) in [4.78, 5) is 24.8. The Kier molecular flexibility index (Phi) is 6.33. The molecule has 29 heavy (non-hydrogen) atoms. The molecule has 0 aliphatic heterocycles. The summed E-state index contributed by atoms with van der Waals surface area (Å²) >= 11 is 0. The van der Waals surface area contributed by atoms with Gasteiger partial charge in [-0.05, 0) is 74.4 Å². The minimum absolute atomic E-state index is 0.108. The normalized spacial score (nSPS) is 13.1. The van der Waals surface area contributed by atoms with Crippen molar-refractivity contribution >= 4 is 17.8 Å². The number of aryl methyl sites for hydroxylation is 3. The Labute approximate surface area is 171 Å². The van der Waals surface area contributed by atoms with E-state index < -0.39 is 5.97 Å². The Hall–Kier alpha value is -3.13. The number of nitrogens with zero attached hydrogens (tertiary/aromatic N) is 2. The van der Waals surface area contributed by atoms with Crippen LogP contribution in [0.25, 0.3) is 6.08 Å². The van der Waals surface area contributed by atoms with Gasteiger partial charge in [0.2, 0.25) is 0 Å². The highest BCUT2D eigenvalue weighted by Crippen LogP contribution is 2.23. The van der Waals surface area contributed by atoms with Gasteiger partial charge in [-0.15, -0.1) is 0 Å². The van der Waals surface area contributed by atoms with Gasteiger partial charge in [0.25, 0.3) is 0 Å². The van der Waals surface area contributed by atoms with Crippen LogP contribution in [-0.2, 0) is 28.9 Å². The van der Waals surface area contributed by atoms with Crippen molar-refractivity contribution in [3.8, 4) is 6.07 Å². The number of aromatic nitrogens is 1. The van der Waals surface area contributed by atoms with Crippen LogP contribution in [0.15, 0.2) is 29.8 Å². The molecule has 3 rings (SSSR count). The van der Waals surface area contributed by atoms with E-state index in [4.69, 9.17) is 4.74 Å². The molecule has 0 spiro atoms. The summed E-state index contributed by atoms with van der Waals surface area (Å²) in [6, 6.07) is 9.50. The summed E-state index contributed by atoms with van der Waals surface area (Å²) in [7, 11) is 0. The first kappa shape index (κ1) is 20.6. The molecule has 0 unspecified atom stereocenters. The van der Waals surface area contributed by atoms with Crippen molar-refractivity contribution in [2.45, 2.75) is 53.0 Å². The average Bonchev–Trinajstić information content (AvgIpc) is 3.29. The molecule has 0 atom stereocenters. The summed E-state index contributed by atoms with van der Waals surface area (Å²) in [5.41, 5.74) is 5.81. The summed E-state index contributed by atoms with van der Waals surface area (Å²) < 4.78 is 7.30. The van der Waals surface area contributed by atoms with Crippen LogP contribution in [-0.4, -0.2) is 22.9 Å². The van der Waals surface area contributed by atoms with E-state index in [0.29, 0.717) is 5.56 Å². The Bertz CT molecular complexity index is 1020. The Morgan fingerprint density at radius 1 is 1.21 bits per heavy atom. The van der Waals surface area contributed by atoms with Crippen molar-refractivity contribution in [3.63, 3.8) is 0 Å². The van der Waals surface area contributed by atoms with E-state index in [0.717, 1.165) is 49.2 Å². The van der Waals surface area contributed by atoms with E-state index in [9.17, 15) is 14.9 Å². The molecule has 0 amide bonds. The molecule has 150 valence electrons. The van der Waals surface area contributed by atoms with Crippen LogP contribution in [0.3, 0.4) is 0 Å². The SMILES string of the molecule is CCCn1c(C)cc(/C=C(\C#N)C(=O)OCC(=O)c2ccc3c(c2)CCC3)c1C. The van der Waals surface area contributed by atoms with Gasteiger partial charge in [0.1, 0.15) is 11.6 Å². The number of Topliss-reactive ketones (excluding diaryl/α,β-unsaturated/α-hetero) is 1. The highest BCUT2D eigenvalue weighted by molar-refractivity contribution is 6.02. The van der Waals surface area contributed by atoms with Gasteiger partial charge >= 0.3 is 5.97 Å². The quantitative estimate of drug-likeness (QED) is 0.305. The molecule has 0 fully saturated rings. The number of carbonyl (C=O) groups excluding carboxylic acids is 2. The third-order valence-corrected chi connectivity index (χ3v) is 5.46. The van der Waals surface area contributed by atoms with Gasteiger partial charge in [0.05, 0.1) is 0 Å². The summed E-state index contributed by atoms with van der Waals surface area (Å²) in [6.07, 6.45) is 5.67. The first-order chi connectivity index (χ1) is 13.9. The van der Waals surface area contributed by atoms with Crippen molar-refractivity contribution in [1.82, 2.24) is 4.57 Å². The van der Waals surface area contributed by atoms with Crippen molar-refractivity contribution in [3.05, 3.63) is 63.5 Å². The fraction of sp³-hybridized carbons (Fsp3) is 0.375. The van der Waals surface area contributed by atoms with E-state index in [1.54, 1.807) is 6.07 Å². The van der Waals surface area contributed by atoms with E-state index in [-0.39, 0.29) is 18.0 Å². The zero-order valence-electron chi connectivity index (χ0n) is 17.2. The zero-order chi connectivity index (χ0) is 21.0. The molecule has 1 heterocycles. The summed E-state index contributed by atoms with van der Waals surface area (Å²) in [5.74, 6) is -1.03. The minimum Gasteiger partial charge on any atom is -0.453 e. The van der Waals surface area contributed by atoms with Gasteiger partial charge < -0.3 is 9.30 Å². The molecule has 1 aromatic heterocycles. The maximum atomic E-state index is 12.4. The molecule has 1 aliphatic rings. The summed E-state index contributed by atoms with van der Waals surface area (Å²) in [6.45, 7) is 6.58. The van der Waals surface area contributed by atoms with Crippen LogP contribution in [0.4, 0.5) is 0 Å². The standard InChI is InChI=1S/C24H26N2O3/c1-4-10-26-16(2)11-21(17(26)3)13-22(14-25)24(28)29-15-23(27)20-9-8-18-6-5-7-19(18)12-20/h8-9,11-13H,4-7,10,15H2,1-3H3/b22-13+. The Balaban J connectivity index is 1.69. The van der Waals surface area contributed by atoms with E-state index in [1.165, 1.54) is 17.2 Å². The maximum absolute atomic E-state index is 12.4. The van der Waals surface area contributed by atoms with Gasteiger partial charge in [-0.1, -0.05) is 19.1 Å². The maximum Gasteiger partial charge on any atom is 0.349 e. The minimum atomic E-state index is -0.776. The number of ether oxygens (including phenoxy) is 1. The van der Waals surface area contributed by atoms with Gasteiger partial charge in [0, 0.05) is 23.5 Å². The van der Waals surface area contributed by atoms with Crippen LogP contribution in [0.2, 0.25) is 0 Å². The second kappa shape index (κ2) is 8.91. The van der Waals surface area contributed by atoms with Crippen LogP contribution in [0.5, 0.6) is 0 Å². The Morgan fingerprint density at radius 3 is 2.69 bits per heavy atom. The van der Waals surface area contributed by atoms with Crippen LogP contribution >= 0.6 is 0 Å². The van der Waals surface area contributed by atoms with Crippen molar-refractivity contribution in [2.24, 2.45) is 0 Å². The smallest absolute Gasteiger partial charge is 0.349 e. The van der Waals surface area contributed by atoms with E-state index >= 15 is 0 Å². The predicted molar refractivity (Wildman–Crippen MR) is 112 cm³/mol. The number of carbonyl (C=O) groups is 2. The lowest BCUT2D eigenvalue weighted by Crippen LogP contribution is -2.15. The first-order valence-corrected chi connectivity index (χ1v) is 10.0. The lowest BCUT2D eigenvalue weighted by molar-refractivity contribution is -0.137. The van der Waals surface area contributed by atoms with Gasteiger partial charge in [-0.25, -0.2) is 4.79 Å². The van der Waals surface area contributed by atoms with Crippen LogP contribution in [0, 0.1) is 25.2 Å². The summed E-state index contributed by atoms with van der Waals surface area (Å²) in [5, 5.41) is 9.41. The highest BCUT2D eigenvalue weighted by atomic mass is 16.5. The molecule has 1 aliphatic carbocycles. The van der Waals surface area contributed by atoms with Crippen molar-refractivity contribution < 1.29 is 14.3 Å². The lowest BCUT2D eigenvalue weighted by Gasteiger charge is -2.07. The molecule has 5 nitrogen and oxygen atoms in total. The van der Waals surface area contributed by atoms with Crippen molar-refractivity contribution in [1.29, 1.82) is 5.26 Å². The number of rotatable bonds is 7. The van der Waals surface area contributed by atoms with E-state index in [2.05, 4.69) is 11.5 Å². The molecule has 0 radical (unpaired) electrons. The fourth-order valence-corrected chi connectivity index (χ4v) is 3.87. The monoisotopic (exact) mass is 390 g/mol. The van der Waals surface area contributed by atoms with Crippen molar-refractivity contribution in [2.75, 3.05) is 6.61 Å². The predicted octanol–water partition coefficient (Wildman–Crippen LogP) is 4.34. The number of nitriles is 1. The molecule has 5 heteroatoms. The van der Waals surface area contributed by atoms with Gasteiger partial charge in [0.15, 0.2) is 12.4 Å². The molecular weight excluding hydrogens is 364 g/mol. The highest BCUT2D eigenvalue weighted by Gasteiger charge is 2.18. The third-order valence-electron chi connectivity index (χ3n) is 5.46. The molecule has 1 aromatic carbocycles. The zero-order valence-corrected chi connectivity index (χ0v) is 17.2. The molecule has 0 bridgehead atoms. The lowest BCUT2D eigenvalue weighted by atomic mass is 10.0. The number of esters is 1. The number of fused-ring (bicyclic) bond motifs is 1. The molecule has 0 saturated carbocycles. The second-order valence-corrected chi connectivity index (χ2v) is 7.48. The number of hydrogen-bond donors (Lipinski definition) is 0. The number of hydrogen-bond acceptors (Lipinski definition) is 4. The molecule has 0 N–H and O–H groups in total. The number of benzene rings is 1. The van der Waals surface area contributed by atoms with Crippen LogP contribution < -0.4 is 0 Å². The fourth-order valence-electron chi connectivity index (χ4n) is 3.87. The largest absolute Gasteiger partial charge is 0.453 e. The van der Waals surface area contributed by atoms with Gasteiger partial charge in [-0.3, -0.25) is 4.79 Å². The molecular formula is C24H26N2O3. The molecule has 2 aromatic rings. The third kappa shape index (κ3) is 4.48. The number of ketones is 1. The first-order valence-electron chi connectivity index (χ1n) is 10.0.